The van der Waals surface area contributed by atoms with E-state index in [-0.39, 0.29) is 42.2 Å². The molecule has 1 heterocycles. The van der Waals surface area contributed by atoms with Crippen molar-refractivity contribution in [2.75, 3.05) is 33.9 Å². The molecule has 1 aliphatic rings. The van der Waals surface area contributed by atoms with Gasteiger partial charge in [-0.15, -0.1) is 12.4 Å². The van der Waals surface area contributed by atoms with Crippen LogP contribution in [0.2, 0.25) is 0 Å². The number of carbonyl (C=O) groups excluding carboxylic acids is 1. The van der Waals surface area contributed by atoms with Crippen molar-refractivity contribution in [3.8, 4) is 11.5 Å². The highest BCUT2D eigenvalue weighted by Crippen LogP contribution is 2.29. The van der Waals surface area contributed by atoms with Crippen LogP contribution in [0.4, 0.5) is 0 Å². The van der Waals surface area contributed by atoms with Gasteiger partial charge in [0.25, 0.3) is 0 Å². The van der Waals surface area contributed by atoms with E-state index in [9.17, 15) is 13.2 Å². The Hall–Kier alpha value is -1.55. The minimum absolute atomic E-state index is 0. The molecule has 1 aliphatic heterocycles. The Morgan fingerprint density at radius 3 is 2.59 bits per heavy atom. The summed E-state index contributed by atoms with van der Waals surface area (Å²) in [5.41, 5.74) is 0. The molecule has 3 N–H and O–H groups in total. The summed E-state index contributed by atoms with van der Waals surface area (Å²) in [4.78, 5) is 12.1. The lowest BCUT2D eigenvalue weighted by atomic mass is 9.95. The summed E-state index contributed by atoms with van der Waals surface area (Å²) < 4.78 is 37.4. The van der Waals surface area contributed by atoms with Gasteiger partial charge in [-0.1, -0.05) is 6.92 Å². The smallest absolute Gasteiger partial charge is 0.240 e. The quantitative estimate of drug-likeness (QED) is 0.576. The average Bonchev–Trinajstić information content (AvgIpc) is 2.62. The standard InChI is InChI=1S/C17H27N3O5S.ClH/c1-12-11-18-8-6-14(12)20-17(21)7-9-19-26(22,23)13-4-5-15(24-2)16(10-13)25-3;/h4-5,10,12,14,18-19H,6-9,11H2,1-3H3,(H,20,21);1H. The first-order chi connectivity index (χ1) is 12.4. The normalized spacial score (nSPS) is 19.7. The first-order valence-corrected chi connectivity index (χ1v) is 10.1. The van der Waals surface area contributed by atoms with E-state index in [0.29, 0.717) is 17.4 Å². The second-order valence-corrected chi connectivity index (χ2v) is 8.08. The number of carbonyl (C=O) groups is 1. The predicted octanol–water partition coefficient (Wildman–Crippen LogP) is 0.908. The van der Waals surface area contributed by atoms with Gasteiger partial charge >= 0.3 is 0 Å². The zero-order valence-corrected chi connectivity index (χ0v) is 17.4. The average molecular weight is 422 g/mol. The number of ether oxygens (including phenoxy) is 2. The molecule has 1 saturated heterocycles. The van der Waals surface area contributed by atoms with Crippen LogP contribution in [0.1, 0.15) is 19.8 Å². The van der Waals surface area contributed by atoms with Crippen molar-refractivity contribution >= 4 is 28.3 Å². The Balaban J connectivity index is 0.00000364. The van der Waals surface area contributed by atoms with Gasteiger partial charge in [0.15, 0.2) is 11.5 Å². The van der Waals surface area contributed by atoms with E-state index in [4.69, 9.17) is 9.47 Å². The van der Waals surface area contributed by atoms with Crippen LogP contribution < -0.4 is 24.8 Å². The van der Waals surface area contributed by atoms with Crippen LogP contribution in [0.15, 0.2) is 23.1 Å². The summed E-state index contributed by atoms with van der Waals surface area (Å²) >= 11 is 0. The number of hydrogen-bond acceptors (Lipinski definition) is 6. The molecule has 154 valence electrons. The minimum atomic E-state index is -3.73. The summed E-state index contributed by atoms with van der Waals surface area (Å²) in [7, 11) is -0.816. The third kappa shape index (κ3) is 6.53. The van der Waals surface area contributed by atoms with E-state index in [1.807, 2.05) is 0 Å². The zero-order valence-electron chi connectivity index (χ0n) is 15.8. The van der Waals surface area contributed by atoms with Crippen LogP contribution in [0.25, 0.3) is 0 Å². The van der Waals surface area contributed by atoms with Gasteiger partial charge < -0.3 is 20.1 Å². The first kappa shape index (κ1) is 23.5. The van der Waals surface area contributed by atoms with E-state index in [1.165, 1.54) is 32.4 Å². The fraction of sp³-hybridized carbons (Fsp3) is 0.588. The lowest BCUT2D eigenvalue weighted by molar-refractivity contribution is -0.122. The van der Waals surface area contributed by atoms with Crippen molar-refractivity contribution < 1.29 is 22.7 Å². The van der Waals surface area contributed by atoms with Crippen molar-refractivity contribution in [3.63, 3.8) is 0 Å². The third-order valence-corrected chi connectivity index (χ3v) is 5.90. The molecule has 0 saturated carbocycles. The van der Waals surface area contributed by atoms with E-state index in [1.54, 1.807) is 0 Å². The van der Waals surface area contributed by atoms with Crippen molar-refractivity contribution in [3.05, 3.63) is 18.2 Å². The van der Waals surface area contributed by atoms with Crippen LogP contribution in [0, 0.1) is 5.92 Å². The van der Waals surface area contributed by atoms with Crippen LogP contribution in [-0.4, -0.2) is 54.2 Å². The molecule has 1 fully saturated rings. The number of amides is 1. The molecular weight excluding hydrogens is 394 g/mol. The molecule has 0 spiro atoms. The van der Waals surface area contributed by atoms with Crippen molar-refractivity contribution in [1.82, 2.24) is 15.4 Å². The number of benzene rings is 1. The molecule has 2 atom stereocenters. The van der Waals surface area contributed by atoms with Crippen molar-refractivity contribution in [1.29, 1.82) is 0 Å². The Kier molecular flexibility index (Phi) is 9.31. The molecule has 0 radical (unpaired) electrons. The molecule has 10 heteroatoms. The second-order valence-electron chi connectivity index (χ2n) is 6.31. The Morgan fingerprint density at radius 2 is 1.96 bits per heavy atom. The Labute approximate surface area is 166 Å². The molecule has 0 aliphatic carbocycles. The number of halogens is 1. The van der Waals surface area contributed by atoms with Crippen LogP contribution in [0.5, 0.6) is 11.5 Å². The highest BCUT2D eigenvalue weighted by atomic mass is 35.5. The summed E-state index contributed by atoms with van der Waals surface area (Å²) in [6.45, 7) is 3.86. The van der Waals surface area contributed by atoms with Gasteiger partial charge in [0, 0.05) is 25.1 Å². The number of methoxy groups -OCH3 is 2. The van der Waals surface area contributed by atoms with Crippen LogP contribution >= 0.6 is 12.4 Å². The van der Waals surface area contributed by atoms with E-state index >= 15 is 0 Å². The Morgan fingerprint density at radius 1 is 1.26 bits per heavy atom. The van der Waals surface area contributed by atoms with Gasteiger partial charge in [-0.05, 0) is 37.6 Å². The Bertz CT molecular complexity index is 729. The van der Waals surface area contributed by atoms with Crippen LogP contribution in [0.3, 0.4) is 0 Å². The maximum absolute atomic E-state index is 12.4. The molecule has 27 heavy (non-hydrogen) atoms. The number of hydrogen-bond donors (Lipinski definition) is 3. The van der Waals surface area contributed by atoms with E-state index in [2.05, 4.69) is 22.3 Å². The van der Waals surface area contributed by atoms with Gasteiger partial charge in [0.1, 0.15) is 0 Å². The van der Waals surface area contributed by atoms with Crippen molar-refractivity contribution in [2.45, 2.75) is 30.7 Å². The predicted molar refractivity (Wildman–Crippen MR) is 105 cm³/mol. The van der Waals surface area contributed by atoms with Gasteiger partial charge in [0.05, 0.1) is 19.1 Å². The van der Waals surface area contributed by atoms with E-state index in [0.717, 1.165) is 19.5 Å². The second kappa shape index (κ2) is 10.7. The highest BCUT2D eigenvalue weighted by Gasteiger charge is 2.23. The molecule has 0 bridgehead atoms. The fourth-order valence-corrected chi connectivity index (χ4v) is 3.92. The third-order valence-electron chi connectivity index (χ3n) is 4.44. The molecule has 0 aromatic heterocycles. The molecule has 1 amide bonds. The fourth-order valence-electron chi connectivity index (χ4n) is 2.87. The lowest BCUT2D eigenvalue weighted by Crippen LogP contribution is -2.48. The number of nitrogens with one attached hydrogen (secondary N) is 3. The maximum Gasteiger partial charge on any atom is 0.240 e. The van der Waals surface area contributed by atoms with Gasteiger partial charge in [0.2, 0.25) is 15.9 Å². The summed E-state index contributed by atoms with van der Waals surface area (Å²) in [6, 6.07) is 4.48. The largest absolute Gasteiger partial charge is 0.493 e. The van der Waals surface area contributed by atoms with Gasteiger partial charge in [-0.25, -0.2) is 13.1 Å². The molecular formula is C17H28ClN3O5S. The van der Waals surface area contributed by atoms with E-state index < -0.39 is 10.0 Å². The monoisotopic (exact) mass is 421 g/mol. The molecule has 1 aromatic rings. The van der Waals surface area contributed by atoms with Gasteiger partial charge in [-0.3, -0.25) is 4.79 Å². The zero-order chi connectivity index (χ0) is 19.2. The summed E-state index contributed by atoms with van der Waals surface area (Å²) in [6.07, 6.45) is 0.966. The first-order valence-electron chi connectivity index (χ1n) is 8.59. The molecule has 2 rings (SSSR count). The SMILES string of the molecule is COc1ccc(S(=O)(=O)NCCC(=O)NC2CCNCC2C)cc1OC.Cl. The number of sulfonamides is 1. The number of piperidine rings is 1. The van der Waals surface area contributed by atoms with Crippen LogP contribution in [-0.2, 0) is 14.8 Å². The van der Waals surface area contributed by atoms with Gasteiger partial charge in [-0.2, -0.15) is 0 Å². The lowest BCUT2D eigenvalue weighted by Gasteiger charge is -2.30. The molecule has 2 unspecified atom stereocenters. The molecule has 8 nitrogen and oxygen atoms in total. The maximum atomic E-state index is 12.4. The highest BCUT2D eigenvalue weighted by molar-refractivity contribution is 7.89. The summed E-state index contributed by atoms with van der Waals surface area (Å²) in [5, 5.41) is 6.25. The molecule has 1 aromatic carbocycles. The topological polar surface area (TPSA) is 106 Å². The minimum Gasteiger partial charge on any atom is -0.493 e. The van der Waals surface area contributed by atoms with Crippen molar-refractivity contribution in [2.24, 2.45) is 5.92 Å². The summed E-state index contributed by atoms with van der Waals surface area (Å²) in [5.74, 6) is 0.977. The number of rotatable bonds is 8.